The number of fused-ring (bicyclic) bond motifs is 1. The molecule has 1 aromatic carbocycles. The van der Waals surface area contributed by atoms with Crippen LogP contribution < -0.4 is 0 Å². The number of hydrogen-bond acceptors (Lipinski definition) is 3. The first-order valence-electron chi connectivity index (χ1n) is 6.79. The smallest absolute Gasteiger partial charge is 0.231 e. The van der Waals surface area contributed by atoms with Gasteiger partial charge < -0.3 is 4.42 Å². The molecule has 0 saturated carbocycles. The molecule has 0 aliphatic carbocycles. The van der Waals surface area contributed by atoms with Gasteiger partial charge in [0.25, 0.3) is 0 Å². The molecule has 3 aromatic rings. The third-order valence-corrected chi connectivity index (χ3v) is 3.93. The van der Waals surface area contributed by atoms with Crippen LogP contribution >= 0.6 is 11.6 Å². The van der Waals surface area contributed by atoms with Crippen molar-refractivity contribution in [1.29, 1.82) is 0 Å². The maximum atomic E-state index is 12.7. The normalized spacial score (nSPS) is 11.2. The van der Waals surface area contributed by atoms with Gasteiger partial charge in [-0.25, -0.2) is 0 Å². The number of carbonyl (C=O) groups is 1. The molecule has 0 aliphatic rings. The number of aryl methyl sites for hydroxylation is 2. The lowest BCUT2D eigenvalue weighted by atomic mass is 10.1. The van der Waals surface area contributed by atoms with Crippen LogP contribution in [0.4, 0.5) is 0 Å². The van der Waals surface area contributed by atoms with E-state index in [0.717, 1.165) is 17.6 Å². The molecule has 3 rings (SSSR count). The van der Waals surface area contributed by atoms with Crippen LogP contribution in [0.3, 0.4) is 0 Å². The molecular weight excluding hydrogens is 288 g/mol. The highest BCUT2D eigenvalue weighted by Gasteiger charge is 2.23. The third-order valence-electron chi connectivity index (χ3n) is 3.63. The first-order valence-corrected chi connectivity index (χ1v) is 7.17. The van der Waals surface area contributed by atoms with Crippen molar-refractivity contribution in [3.8, 4) is 0 Å². The van der Waals surface area contributed by atoms with E-state index in [0.29, 0.717) is 27.6 Å². The Morgan fingerprint density at radius 1 is 1.38 bits per heavy atom. The highest BCUT2D eigenvalue weighted by atomic mass is 35.5. The summed E-state index contributed by atoms with van der Waals surface area (Å²) in [5.74, 6) is 0.136. The minimum atomic E-state index is -0.156. The average molecular weight is 303 g/mol. The van der Waals surface area contributed by atoms with E-state index in [2.05, 4.69) is 5.10 Å². The number of rotatable bonds is 3. The monoisotopic (exact) mass is 302 g/mol. The van der Waals surface area contributed by atoms with Gasteiger partial charge in [0.2, 0.25) is 5.78 Å². The number of para-hydroxylation sites is 1. The number of benzene rings is 1. The number of carbonyl (C=O) groups excluding carboxylic acids is 1. The molecule has 4 nitrogen and oxygen atoms in total. The van der Waals surface area contributed by atoms with Crippen molar-refractivity contribution < 1.29 is 9.21 Å². The Kier molecular flexibility index (Phi) is 3.33. The Morgan fingerprint density at radius 3 is 2.76 bits per heavy atom. The Bertz CT molecular complexity index is 845. The van der Waals surface area contributed by atoms with Gasteiger partial charge in [0.05, 0.1) is 16.3 Å². The highest BCUT2D eigenvalue weighted by molar-refractivity contribution is 6.35. The van der Waals surface area contributed by atoms with Crippen LogP contribution in [0.25, 0.3) is 11.0 Å². The largest absolute Gasteiger partial charge is 0.451 e. The topological polar surface area (TPSA) is 48.0 Å². The standard InChI is InChI=1S/C16H15ClN2O2/c1-4-19-10(3)14(9(2)18-19)15(20)13-8-11-6-5-7-12(17)16(11)21-13/h5-8H,4H2,1-3H3. The summed E-state index contributed by atoms with van der Waals surface area (Å²) in [6, 6.07) is 7.18. The zero-order valence-electron chi connectivity index (χ0n) is 12.1. The molecule has 2 aromatic heterocycles. The van der Waals surface area contributed by atoms with Crippen LogP contribution in [0.2, 0.25) is 5.02 Å². The van der Waals surface area contributed by atoms with Crippen molar-refractivity contribution in [1.82, 2.24) is 9.78 Å². The summed E-state index contributed by atoms with van der Waals surface area (Å²) in [5, 5.41) is 5.70. The number of furan rings is 1. The summed E-state index contributed by atoms with van der Waals surface area (Å²) in [6.07, 6.45) is 0. The molecule has 0 N–H and O–H groups in total. The van der Waals surface area contributed by atoms with E-state index in [1.165, 1.54) is 0 Å². The molecule has 0 saturated heterocycles. The molecular formula is C16H15ClN2O2. The van der Waals surface area contributed by atoms with Gasteiger partial charge in [-0.2, -0.15) is 5.10 Å². The van der Waals surface area contributed by atoms with Gasteiger partial charge >= 0.3 is 0 Å². The number of nitrogens with zero attached hydrogens (tertiary/aromatic N) is 2. The van der Waals surface area contributed by atoms with E-state index in [1.54, 1.807) is 12.1 Å². The number of hydrogen-bond donors (Lipinski definition) is 0. The van der Waals surface area contributed by atoms with E-state index < -0.39 is 0 Å². The Hall–Kier alpha value is -2.07. The Morgan fingerprint density at radius 2 is 2.14 bits per heavy atom. The van der Waals surface area contributed by atoms with E-state index in [9.17, 15) is 4.79 Å². The second-order valence-corrected chi connectivity index (χ2v) is 5.37. The molecule has 0 atom stereocenters. The van der Waals surface area contributed by atoms with Gasteiger partial charge in [-0.3, -0.25) is 9.48 Å². The van der Waals surface area contributed by atoms with E-state index in [1.807, 2.05) is 37.6 Å². The second kappa shape index (κ2) is 5.04. The minimum Gasteiger partial charge on any atom is -0.451 e. The molecule has 0 spiro atoms. The van der Waals surface area contributed by atoms with Crippen LogP contribution in [0.15, 0.2) is 28.7 Å². The average Bonchev–Trinajstić information content (AvgIpc) is 3.01. The zero-order chi connectivity index (χ0) is 15.1. The van der Waals surface area contributed by atoms with Crippen molar-refractivity contribution in [3.63, 3.8) is 0 Å². The Balaban J connectivity index is 2.13. The van der Waals surface area contributed by atoms with Crippen LogP contribution in [0, 0.1) is 13.8 Å². The van der Waals surface area contributed by atoms with Gasteiger partial charge in [-0.15, -0.1) is 0 Å². The maximum absolute atomic E-state index is 12.7. The number of halogens is 1. The van der Waals surface area contributed by atoms with E-state index in [4.69, 9.17) is 16.0 Å². The van der Waals surface area contributed by atoms with Gasteiger partial charge in [0, 0.05) is 17.6 Å². The first kappa shape index (κ1) is 13.9. The van der Waals surface area contributed by atoms with Gasteiger partial charge in [-0.1, -0.05) is 23.7 Å². The molecule has 0 unspecified atom stereocenters. The molecule has 0 fully saturated rings. The fourth-order valence-electron chi connectivity index (χ4n) is 2.60. The van der Waals surface area contributed by atoms with E-state index in [-0.39, 0.29) is 5.78 Å². The van der Waals surface area contributed by atoms with Crippen LogP contribution in [0.5, 0.6) is 0 Å². The number of aromatic nitrogens is 2. The summed E-state index contributed by atoms with van der Waals surface area (Å²) >= 11 is 6.09. The fraction of sp³-hybridized carbons (Fsp3) is 0.250. The van der Waals surface area contributed by atoms with Gasteiger partial charge in [-0.05, 0) is 32.9 Å². The number of ketones is 1. The van der Waals surface area contributed by atoms with Crippen molar-refractivity contribution in [2.75, 3.05) is 0 Å². The molecule has 0 radical (unpaired) electrons. The molecule has 0 amide bonds. The minimum absolute atomic E-state index is 0.156. The summed E-state index contributed by atoms with van der Waals surface area (Å²) < 4.78 is 7.47. The molecule has 108 valence electrons. The van der Waals surface area contributed by atoms with E-state index >= 15 is 0 Å². The fourth-order valence-corrected chi connectivity index (χ4v) is 2.82. The lowest BCUT2D eigenvalue weighted by molar-refractivity contribution is 0.101. The molecule has 5 heteroatoms. The first-order chi connectivity index (χ1) is 10.0. The molecule has 21 heavy (non-hydrogen) atoms. The van der Waals surface area contributed by atoms with Gasteiger partial charge in [0.1, 0.15) is 0 Å². The van der Waals surface area contributed by atoms with Gasteiger partial charge in [0.15, 0.2) is 11.3 Å². The van der Waals surface area contributed by atoms with Crippen molar-refractivity contribution in [2.45, 2.75) is 27.3 Å². The highest BCUT2D eigenvalue weighted by Crippen LogP contribution is 2.28. The quantitative estimate of drug-likeness (QED) is 0.683. The summed E-state index contributed by atoms with van der Waals surface area (Å²) in [6.45, 7) is 6.45. The summed E-state index contributed by atoms with van der Waals surface area (Å²) in [4.78, 5) is 12.7. The molecule has 2 heterocycles. The third kappa shape index (κ3) is 2.16. The van der Waals surface area contributed by atoms with Crippen molar-refractivity contribution in [3.05, 3.63) is 52.0 Å². The lowest BCUT2D eigenvalue weighted by Gasteiger charge is -2.00. The molecule has 0 aliphatic heterocycles. The maximum Gasteiger partial charge on any atom is 0.231 e. The summed E-state index contributed by atoms with van der Waals surface area (Å²) in [7, 11) is 0. The predicted octanol–water partition coefficient (Wildman–Crippen LogP) is 4.15. The van der Waals surface area contributed by atoms with Crippen molar-refractivity contribution >= 4 is 28.4 Å². The Labute approximate surface area is 127 Å². The van der Waals surface area contributed by atoms with Crippen LogP contribution in [-0.4, -0.2) is 15.6 Å². The van der Waals surface area contributed by atoms with Crippen LogP contribution in [-0.2, 0) is 6.54 Å². The van der Waals surface area contributed by atoms with Crippen molar-refractivity contribution in [2.24, 2.45) is 0 Å². The molecule has 0 bridgehead atoms. The predicted molar refractivity (Wildman–Crippen MR) is 82.0 cm³/mol. The lowest BCUT2D eigenvalue weighted by Crippen LogP contribution is -2.04. The summed E-state index contributed by atoms with van der Waals surface area (Å²) in [5.41, 5.74) is 2.71. The van der Waals surface area contributed by atoms with Crippen LogP contribution in [0.1, 0.15) is 34.4 Å². The SMILES string of the molecule is CCn1nc(C)c(C(=O)c2cc3cccc(Cl)c3o2)c1C. The zero-order valence-corrected chi connectivity index (χ0v) is 12.9. The second-order valence-electron chi connectivity index (χ2n) is 4.96.